The molecule has 1 aromatic rings. The van der Waals surface area contributed by atoms with Crippen LogP contribution in [-0.2, 0) is 0 Å². The Labute approximate surface area is 164 Å². The summed E-state index contributed by atoms with van der Waals surface area (Å²) in [5.41, 5.74) is 6.77. The lowest BCUT2D eigenvalue weighted by Gasteiger charge is -2.42. The number of nitrogens with two attached hydrogens (primary N) is 1. The summed E-state index contributed by atoms with van der Waals surface area (Å²) in [7, 11) is 0. The highest BCUT2D eigenvalue weighted by Crippen LogP contribution is 2.28. The summed E-state index contributed by atoms with van der Waals surface area (Å²) in [5, 5.41) is 0. The van der Waals surface area contributed by atoms with Crippen LogP contribution in [-0.4, -0.2) is 48.0 Å². The number of amides is 1. The molecule has 1 aliphatic heterocycles. The highest BCUT2D eigenvalue weighted by Gasteiger charge is 2.35. The monoisotopic (exact) mass is 390 g/mol. The molecule has 0 radical (unpaired) electrons. The second kappa shape index (κ2) is 10.2. The molecule has 0 saturated carbocycles. The van der Waals surface area contributed by atoms with Gasteiger partial charge in [0.15, 0.2) is 0 Å². The predicted molar refractivity (Wildman–Crippen MR) is 109 cm³/mol. The maximum atomic E-state index is 12.7. The van der Waals surface area contributed by atoms with Crippen molar-refractivity contribution in [2.24, 2.45) is 11.1 Å². The first kappa shape index (κ1) is 24.0. The summed E-state index contributed by atoms with van der Waals surface area (Å²) in [6.07, 6.45) is 3.64. The molecule has 2 N–H and O–H groups in total. The molecule has 25 heavy (non-hydrogen) atoms. The number of carbonyl (C=O) groups excluding carboxylic acids is 1. The third kappa shape index (κ3) is 5.73. The van der Waals surface area contributed by atoms with Crippen molar-refractivity contribution >= 4 is 36.5 Å². The molecular weight excluding hydrogens is 359 g/mol. The fourth-order valence-corrected chi connectivity index (χ4v) is 3.13. The molecule has 1 amide bonds. The molecule has 1 unspecified atom stereocenters. The number of halogens is 2. The van der Waals surface area contributed by atoms with E-state index in [0.717, 1.165) is 38.3 Å². The van der Waals surface area contributed by atoms with E-state index in [9.17, 15) is 4.79 Å². The number of carbonyl (C=O) groups is 1. The summed E-state index contributed by atoms with van der Waals surface area (Å²) < 4.78 is 0. The zero-order chi connectivity index (χ0) is 17.0. The standard InChI is InChI=1S/C18H30N4O.2ClH/c1-5-10-21(6-2)16-8-7-14(12-20-16)17(23)22-11-9-15(19)18(3,4)13-22;;/h7-8,12,15H,5-6,9-11,13,19H2,1-4H3;2*1H. The van der Waals surface area contributed by atoms with E-state index < -0.39 is 0 Å². The summed E-state index contributed by atoms with van der Waals surface area (Å²) in [6.45, 7) is 11.9. The number of nitrogens with zero attached hydrogens (tertiary/aromatic N) is 3. The van der Waals surface area contributed by atoms with E-state index in [0.29, 0.717) is 12.1 Å². The summed E-state index contributed by atoms with van der Waals surface area (Å²) >= 11 is 0. The lowest BCUT2D eigenvalue weighted by molar-refractivity contribution is 0.0532. The van der Waals surface area contributed by atoms with Crippen LogP contribution in [0.15, 0.2) is 18.3 Å². The Kier molecular flexibility index (Phi) is 9.77. The van der Waals surface area contributed by atoms with Crippen LogP contribution in [0.2, 0.25) is 0 Å². The summed E-state index contributed by atoms with van der Waals surface area (Å²) in [6, 6.07) is 4.00. The Morgan fingerprint density at radius 1 is 1.36 bits per heavy atom. The molecule has 144 valence electrons. The molecule has 1 saturated heterocycles. The number of hydrogen-bond acceptors (Lipinski definition) is 4. The Morgan fingerprint density at radius 3 is 2.52 bits per heavy atom. The van der Waals surface area contributed by atoms with Crippen molar-refractivity contribution in [2.45, 2.75) is 46.6 Å². The SMILES string of the molecule is CCCN(CC)c1ccc(C(=O)N2CCC(N)C(C)(C)C2)cn1.Cl.Cl. The predicted octanol–water partition coefficient (Wildman–Crippen LogP) is 3.36. The van der Waals surface area contributed by atoms with Gasteiger partial charge in [0, 0.05) is 38.4 Å². The van der Waals surface area contributed by atoms with Gasteiger partial charge in [0.2, 0.25) is 0 Å². The minimum atomic E-state index is -0.0403. The Balaban J connectivity index is 0.00000288. The van der Waals surface area contributed by atoms with Gasteiger partial charge >= 0.3 is 0 Å². The number of hydrogen-bond donors (Lipinski definition) is 1. The van der Waals surface area contributed by atoms with Crippen LogP contribution in [0.3, 0.4) is 0 Å². The van der Waals surface area contributed by atoms with E-state index in [4.69, 9.17) is 5.73 Å². The average molecular weight is 391 g/mol. The lowest BCUT2D eigenvalue weighted by Crippen LogP contribution is -2.54. The number of likely N-dealkylation sites (tertiary alicyclic amines) is 1. The highest BCUT2D eigenvalue weighted by molar-refractivity contribution is 5.94. The van der Waals surface area contributed by atoms with E-state index in [1.807, 2.05) is 17.0 Å². The molecule has 1 fully saturated rings. The third-order valence-corrected chi connectivity index (χ3v) is 4.79. The van der Waals surface area contributed by atoms with Gasteiger partial charge in [-0.05, 0) is 37.3 Å². The molecule has 7 heteroatoms. The maximum Gasteiger partial charge on any atom is 0.255 e. The van der Waals surface area contributed by atoms with E-state index in [1.165, 1.54) is 0 Å². The summed E-state index contributed by atoms with van der Waals surface area (Å²) in [5.74, 6) is 0.995. The smallest absolute Gasteiger partial charge is 0.255 e. The van der Waals surface area contributed by atoms with Gasteiger partial charge in [0.25, 0.3) is 5.91 Å². The van der Waals surface area contributed by atoms with Crippen molar-refractivity contribution < 1.29 is 4.79 Å². The van der Waals surface area contributed by atoms with Crippen molar-refractivity contribution in [3.8, 4) is 0 Å². The first-order valence-corrected chi connectivity index (χ1v) is 8.65. The minimum absolute atomic E-state index is 0. The van der Waals surface area contributed by atoms with Gasteiger partial charge in [-0.15, -0.1) is 24.8 Å². The van der Waals surface area contributed by atoms with Gasteiger partial charge in [-0.2, -0.15) is 0 Å². The fourth-order valence-electron chi connectivity index (χ4n) is 3.13. The third-order valence-electron chi connectivity index (χ3n) is 4.79. The number of aromatic nitrogens is 1. The van der Waals surface area contributed by atoms with Crippen molar-refractivity contribution in [1.29, 1.82) is 0 Å². The van der Waals surface area contributed by atoms with Gasteiger partial charge in [-0.1, -0.05) is 20.8 Å². The fraction of sp³-hybridized carbons (Fsp3) is 0.667. The van der Waals surface area contributed by atoms with Crippen LogP contribution < -0.4 is 10.6 Å². The molecule has 1 atom stereocenters. The van der Waals surface area contributed by atoms with Gasteiger partial charge in [-0.25, -0.2) is 4.98 Å². The van der Waals surface area contributed by atoms with Crippen molar-refractivity contribution in [3.05, 3.63) is 23.9 Å². The normalized spacial score (nSPS) is 18.8. The molecule has 0 spiro atoms. The second-order valence-corrected chi connectivity index (χ2v) is 7.10. The zero-order valence-corrected chi connectivity index (χ0v) is 17.3. The molecular formula is C18H32Cl2N4O. The quantitative estimate of drug-likeness (QED) is 0.836. The number of pyridine rings is 1. The Morgan fingerprint density at radius 2 is 2.04 bits per heavy atom. The first-order valence-electron chi connectivity index (χ1n) is 8.65. The highest BCUT2D eigenvalue weighted by atomic mass is 35.5. The molecule has 0 aromatic carbocycles. The molecule has 0 bridgehead atoms. The number of piperidine rings is 1. The van der Waals surface area contributed by atoms with Crippen molar-refractivity contribution in [3.63, 3.8) is 0 Å². The van der Waals surface area contributed by atoms with Crippen molar-refractivity contribution in [2.75, 3.05) is 31.1 Å². The first-order chi connectivity index (χ1) is 10.9. The van der Waals surface area contributed by atoms with Gasteiger partial charge in [-0.3, -0.25) is 4.79 Å². The van der Waals surface area contributed by atoms with Gasteiger partial charge < -0.3 is 15.5 Å². The molecule has 1 aliphatic rings. The number of anilines is 1. The maximum absolute atomic E-state index is 12.7. The van der Waals surface area contributed by atoms with Gasteiger partial charge in [0.05, 0.1) is 5.56 Å². The zero-order valence-electron chi connectivity index (χ0n) is 15.7. The largest absolute Gasteiger partial charge is 0.357 e. The van der Waals surface area contributed by atoms with Crippen LogP contribution in [0, 0.1) is 5.41 Å². The van der Waals surface area contributed by atoms with E-state index in [1.54, 1.807) is 6.20 Å². The Bertz CT molecular complexity index is 536. The van der Waals surface area contributed by atoms with Crippen LogP contribution in [0.5, 0.6) is 0 Å². The van der Waals surface area contributed by atoms with E-state index >= 15 is 0 Å². The molecule has 1 aromatic heterocycles. The van der Waals surface area contributed by atoms with E-state index in [-0.39, 0.29) is 42.2 Å². The minimum Gasteiger partial charge on any atom is -0.357 e. The van der Waals surface area contributed by atoms with Crippen LogP contribution in [0.25, 0.3) is 0 Å². The molecule has 2 rings (SSSR count). The molecule has 2 heterocycles. The lowest BCUT2D eigenvalue weighted by atomic mass is 9.79. The molecule has 0 aliphatic carbocycles. The van der Waals surface area contributed by atoms with Crippen LogP contribution in [0.1, 0.15) is 50.9 Å². The van der Waals surface area contributed by atoms with Crippen LogP contribution >= 0.6 is 24.8 Å². The Hall–Kier alpha value is -1.04. The van der Waals surface area contributed by atoms with Crippen LogP contribution in [0.4, 0.5) is 5.82 Å². The van der Waals surface area contributed by atoms with Gasteiger partial charge in [0.1, 0.15) is 5.82 Å². The molecule has 5 nitrogen and oxygen atoms in total. The number of rotatable bonds is 5. The average Bonchev–Trinajstić information content (AvgIpc) is 2.54. The second-order valence-electron chi connectivity index (χ2n) is 7.10. The summed E-state index contributed by atoms with van der Waals surface area (Å²) in [4.78, 5) is 21.3. The topological polar surface area (TPSA) is 62.5 Å². The van der Waals surface area contributed by atoms with Crippen molar-refractivity contribution in [1.82, 2.24) is 9.88 Å². The van der Waals surface area contributed by atoms with E-state index in [2.05, 4.69) is 37.6 Å².